The van der Waals surface area contributed by atoms with Gasteiger partial charge in [0.1, 0.15) is 12.2 Å². The normalized spacial score (nSPS) is 10.6. The molecule has 0 aliphatic heterocycles. The molecule has 2 amide bonds. The smallest absolute Gasteiger partial charge is 0.249 e. The van der Waals surface area contributed by atoms with Crippen LogP contribution >= 0.6 is 23.2 Å². The highest BCUT2D eigenvalue weighted by atomic mass is 35.5. The average Bonchev–Trinajstić information content (AvgIpc) is 2.63. The van der Waals surface area contributed by atoms with Crippen molar-refractivity contribution in [3.63, 3.8) is 0 Å². The Morgan fingerprint density at radius 2 is 1.93 bits per heavy atom. The topological polar surface area (TPSA) is 79.8 Å². The van der Waals surface area contributed by atoms with Gasteiger partial charge in [-0.15, -0.1) is 0 Å². The number of carbonyl (C=O) groups excluding carboxylic acids is 2. The number of nitrogens with zero attached hydrogens (tertiary/aromatic N) is 1. The standard InChI is InChI=1S/C19H19Cl2N3O3/c1-2-9-27-17-8-7-14(20)10-13(17)12-22-24-19(26)11-18(25)23-16-6-4-3-5-15(16)21/h3-8,10,12H,2,9,11H2,1H3,(H,23,25)(H,24,26). The number of hydrogen-bond donors (Lipinski definition) is 2. The van der Waals surface area contributed by atoms with E-state index in [-0.39, 0.29) is 0 Å². The molecule has 0 aliphatic carbocycles. The second-order valence-corrected chi connectivity index (χ2v) is 6.37. The van der Waals surface area contributed by atoms with Gasteiger partial charge in [-0.3, -0.25) is 9.59 Å². The van der Waals surface area contributed by atoms with Gasteiger partial charge in [0.05, 0.1) is 23.5 Å². The molecule has 6 nitrogen and oxygen atoms in total. The molecule has 0 aromatic heterocycles. The molecule has 142 valence electrons. The zero-order valence-corrected chi connectivity index (χ0v) is 16.2. The summed E-state index contributed by atoms with van der Waals surface area (Å²) >= 11 is 11.9. The Hall–Kier alpha value is -2.57. The van der Waals surface area contributed by atoms with Gasteiger partial charge in [0.2, 0.25) is 11.8 Å². The van der Waals surface area contributed by atoms with E-state index in [1.807, 2.05) is 6.92 Å². The van der Waals surface area contributed by atoms with Gasteiger partial charge >= 0.3 is 0 Å². The second-order valence-electron chi connectivity index (χ2n) is 5.53. The molecule has 0 spiro atoms. The van der Waals surface area contributed by atoms with Crippen LogP contribution < -0.4 is 15.5 Å². The number of benzene rings is 2. The molecule has 2 aromatic carbocycles. The minimum absolute atomic E-state index is 0.392. The number of anilines is 1. The molecule has 0 radical (unpaired) electrons. The summed E-state index contributed by atoms with van der Waals surface area (Å²) in [5.74, 6) is -0.449. The van der Waals surface area contributed by atoms with Crippen LogP contribution in [0.25, 0.3) is 0 Å². The Bertz CT molecular complexity index is 841. The molecule has 8 heteroatoms. The number of halogens is 2. The van der Waals surface area contributed by atoms with E-state index in [9.17, 15) is 9.59 Å². The Labute approximate surface area is 167 Å². The minimum Gasteiger partial charge on any atom is -0.493 e. The van der Waals surface area contributed by atoms with Gasteiger partial charge in [0, 0.05) is 10.6 Å². The Morgan fingerprint density at radius 1 is 1.15 bits per heavy atom. The zero-order valence-electron chi connectivity index (χ0n) is 14.7. The molecular formula is C19H19Cl2N3O3. The van der Waals surface area contributed by atoms with Crippen LogP contribution in [0.5, 0.6) is 5.75 Å². The Balaban J connectivity index is 1.90. The number of carbonyl (C=O) groups is 2. The molecule has 0 saturated heterocycles. The van der Waals surface area contributed by atoms with Gasteiger partial charge in [-0.05, 0) is 36.8 Å². The molecule has 0 heterocycles. The molecule has 0 saturated carbocycles. The van der Waals surface area contributed by atoms with Gasteiger partial charge in [0.25, 0.3) is 0 Å². The summed E-state index contributed by atoms with van der Waals surface area (Å²) in [7, 11) is 0. The first-order valence-corrected chi connectivity index (χ1v) is 9.04. The van der Waals surface area contributed by atoms with E-state index in [4.69, 9.17) is 27.9 Å². The van der Waals surface area contributed by atoms with Crippen molar-refractivity contribution in [1.29, 1.82) is 0 Å². The first-order valence-electron chi connectivity index (χ1n) is 8.28. The predicted octanol–water partition coefficient (Wildman–Crippen LogP) is 4.26. The first kappa shape index (κ1) is 20.7. The van der Waals surface area contributed by atoms with Crippen LogP contribution in [0.15, 0.2) is 47.6 Å². The molecular weight excluding hydrogens is 389 g/mol. The summed E-state index contributed by atoms with van der Waals surface area (Å²) in [6, 6.07) is 11.9. The van der Waals surface area contributed by atoms with Crippen molar-refractivity contribution >= 4 is 46.9 Å². The van der Waals surface area contributed by atoms with Gasteiger partial charge in [-0.1, -0.05) is 42.3 Å². The highest BCUT2D eigenvalue weighted by molar-refractivity contribution is 6.33. The quantitative estimate of drug-likeness (QED) is 0.389. The molecule has 2 aromatic rings. The zero-order chi connectivity index (χ0) is 19.6. The first-order chi connectivity index (χ1) is 13.0. The lowest BCUT2D eigenvalue weighted by atomic mass is 10.2. The fraction of sp³-hybridized carbons (Fsp3) is 0.211. The van der Waals surface area contributed by atoms with Crippen molar-refractivity contribution in [3.05, 3.63) is 58.1 Å². The number of amides is 2. The van der Waals surface area contributed by atoms with Gasteiger partial charge in [0.15, 0.2) is 0 Å². The van der Waals surface area contributed by atoms with Crippen LogP contribution in [0.4, 0.5) is 5.69 Å². The van der Waals surface area contributed by atoms with Crippen molar-refractivity contribution in [1.82, 2.24) is 5.43 Å². The molecule has 27 heavy (non-hydrogen) atoms. The van der Waals surface area contributed by atoms with Gasteiger partial charge < -0.3 is 10.1 Å². The number of rotatable bonds is 8. The second kappa shape index (κ2) is 10.5. The summed E-state index contributed by atoms with van der Waals surface area (Å²) in [6.07, 6.45) is 1.88. The SMILES string of the molecule is CCCOc1ccc(Cl)cc1C=NNC(=O)CC(=O)Nc1ccccc1Cl. The summed E-state index contributed by atoms with van der Waals surface area (Å²) < 4.78 is 5.60. The fourth-order valence-corrected chi connectivity index (χ4v) is 2.44. The van der Waals surface area contributed by atoms with Crippen LogP contribution in [0.1, 0.15) is 25.3 Å². The molecule has 2 N–H and O–H groups in total. The molecule has 2 rings (SSSR count). The third-order valence-electron chi connectivity index (χ3n) is 3.30. The number of nitrogens with one attached hydrogen (secondary N) is 2. The van der Waals surface area contributed by atoms with E-state index in [1.54, 1.807) is 42.5 Å². The van der Waals surface area contributed by atoms with Crippen molar-refractivity contribution < 1.29 is 14.3 Å². The fourth-order valence-electron chi connectivity index (χ4n) is 2.08. The molecule has 0 aliphatic rings. The van der Waals surface area contributed by atoms with Crippen LogP contribution in [-0.2, 0) is 9.59 Å². The maximum atomic E-state index is 11.9. The van der Waals surface area contributed by atoms with E-state index in [1.165, 1.54) is 6.21 Å². The summed E-state index contributed by atoms with van der Waals surface area (Å²) in [4.78, 5) is 23.8. The third-order valence-corrected chi connectivity index (χ3v) is 3.86. The maximum absolute atomic E-state index is 11.9. The molecule has 0 bridgehead atoms. The van der Waals surface area contributed by atoms with E-state index >= 15 is 0 Å². The highest BCUT2D eigenvalue weighted by Crippen LogP contribution is 2.22. The Morgan fingerprint density at radius 3 is 2.67 bits per heavy atom. The van der Waals surface area contributed by atoms with Crippen LogP contribution in [0, 0.1) is 0 Å². The Kier molecular flexibility index (Phi) is 8.10. The molecule has 0 atom stereocenters. The number of hydrazone groups is 1. The summed E-state index contributed by atoms with van der Waals surface area (Å²) in [5.41, 5.74) is 3.37. The van der Waals surface area contributed by atoms with Gasteiger partial charge in [-0.25, -0.2) is 5.43 Å². The van der Waals surface area contributed by atoms with Crippen LogP contribution in [0.3, 0.4) is 0 Å². The largest absolute Gasteiger partial charge is 0.493 e. The molecule has 0 unspecified atom stereocenters. The summed E-state index contributed by atoms with van der Waals surface area (Å²) in [5, 5.41) is 7.34. The van der Waals surface area contributed by atoms with E-state index in [0.717, 1.165) is 6.42 Å². The average molecular weight is 408 g/mol. The molecule has 0 fully saturated rings. The minimum atomic E-state index is -0.561. The van der Waals surface area contributed by atoms with Crippen molar-refractivity contribution in [2.75, 3.05) is 11.9 Å². The predicted molar refractivity (Wildman–Crippen MR) is 108 cm³/mol. The van der Waals surface area contributed by atoms with Gasteiger partial charge in [-0.2, -0.15) is 5.10 Å². The van der Waals surface area contributed by atoms with Crippen molar-refractivity contribution in [3.8, 4) is 5.75 Å². The monoisotopic (exact) mass is 407 g/mol. The van der Waals surface area contributed by atoms with E-state index < -0.39 is 18.2 Å². The van der Waals surface area contributed by atoms with E-state index in [0.29, 0.717) is 33.7 Å². The van der Waals surface area contributed by atoms with Crippen molar-refractivity contribution in [2.45, 2.75) is 19.8 Å². The number of ether oxygens (including phenoxy) is 1. The van der Waals surface area contributed by atoms with Crippen molar-refractivity contribution in [2.24, 2.45) is 5.10 Å². The lowest BCUT2D eigenvalue weighted by Crippen LogP contribution is -2.24. The number of para-hydroxylation sites is 1. The van der Waals surface area contributed by atoms with Crippen LogP contribution in [-0.4, -0.2) is 24.6 Å². The van der Waals surface area contributed by atoms with Crippen LogP contribution in [0.2, 0.25) is 10.0 Å². The highest BCUT2D eigenvalue weighted by Gasteiger charge is 2.10. The lowest BCUT2D eigenvalue weighted by Gasteiger charge is -2.08. The third kappa shape index (κ3) is 6.92. The number of hydrogen-bond acceptors (Lipinski definition) is 4. The summed E-state index contributed by atoms with van der Waals surface area (Å²) in [6.45, 7) is 2.55. The lowest BCUT2D eigenvalue weighted by molar-refractivity contribution is -0.126. The maximum Gasteiger partial charge on any atom is 0.249 e. The van der Waals surface area contributed by atoms with E-state index in [2.05, 4.69) is 15.8 Å².